The summed E-state index contributed by atoms with van der Waals surface area (Å²) in [5, 5.41) is 15.3. The largest absolute Gasteiger partial charge is 0.396 e. The number of amides is 3. The molecule has 2 bridgehead atoms. The van der Waals surface area contributed by atoms with Gasteiger partial charge in [0.25, 0.3) is 0 Å². The third-order valence-electron chi connectivity index (χ3n) is 8.49. The minimum absolute atomic E-state index is 0.0296. The Morgan fingerprint density at radius 1 is 1.06 bits per heavy atom. The molecule has 3 amide bonds. The van der Waals surface area contributed by atoms with E-state index in [-0.39, 0.29) is 29.1 Å². The van der Waals surface area contributed by atoms with Gasteiger partial charge in [-0.15, -0.1) is 11.8 Å². The molecule has 0 aliphatic carbocycles. The number of fused-ring (bicyclic) bond motifs is 1. The van der Waals surface area contributed by atoms with Crippen LogP contribution in [0.1, 0.15) is 58.8 Å². The maximum atomic E-state index is 13.9. The van der Waals surface area contributed by atoms with Crippen LogP contribution in [0.15, 0.2) is 0 Å². The number of aliphatic hydroxyl groups is 1. The van der Waals surface area contributed by atoms with E-state index >= 15 is 0 Å². The molecule has 0 radical (unpaired) electrons. The van der Waals surface area contributed by atoms with Gasteiger partial charge < -0.3 is 25.4 Å². The van der Waals surface area contributed by atoms with E-state index in [1.54, 1.807) is 16.7 Å². The van der Waals surface area contributed by atoms with E-state index in [0.717, 1.165) is 77.8 Å². The van der Waals surface area contributed by atoms with Crippen LogP contribution in [-0.2, 0) is 19.1 Å². The first-order valence-corrected chi connectivity index (χ1v) is 14.7. The summed E-state index contributed by atoms with van der Waals surface area (Å²) in [5.74, 6) is -1.01. The van der Waals surface area contributed by atoms with E-state index in [4.69, 9.17) is 9.84 Å². The average Bonchev–Trinajstić information content (AvgIpc) is 3.44. The Bertz CT molecular complexity index is 809. The maximum absolute atomic E-state index is 13.9. The van der Waals surface area contributed by atoms with Gasteiger partial charge in [0.2, 0.25) is 17.7 Å². The van der Waals surface area contributed by atoms with E-state index < -0.39 is 22.6 Å². The lowest BCUT2D eigenvalue weighted by Gasteiger charge is -2.35. The number of aliphatic hydroxyl groups excluding tert-OH is 1. The molecule has 1 spiro atoms. The maximum Gasteiger partial charge on any atom is 0.244 e. The number of nitrogens with zero attached hydrogens (tertiary/aromatic N) is 2. The van der Waals surface area contributed by atoms with Crippen LogP contribution < -0.4 is 10.6 Å². The molecule has 0 aromatic carbocycles. The SMILES string of the molecule is CCCNC(=O)[C@H]1[C@H]2C(=O)N(CCCCCCO)C(C(=O)NCCN3CCOCC3)C23CC[C@]1(C)S3. The first kappa shape index (κ1) is 27.7. The lowest BCUT2D eigenvalue weighted by molar-refractivity contribution is -0.140. The van der Waals surface area contributed by atoms with Crippen molar-refractivity contribution in [2.75, 3.05) is 59.1 Å². The summed E-state index contributed by atoms with van der Waals surface area (Å²) in [6.07, 6.45) is 5.82. The molecular formula is C26H44N4O5S. The molecule has 10 heteroatoms. The number of carbonyl (C=O) groups excluding carboxylic acids is 3. The molecule has 4 aliphatic rings. The predicted molar refractivity (Wildman–Crippen MR) is 140 cm³/mol. The lowest BCUT2D eigenvalue weighted by atomic mass is 9.66. The molecule has 2 unspecified atom stereocenters. The summed E-state index contributed by atoms with van der Waals surface area (Å²) in [6.45, 7) is 9.90. The third kappa shape index (κ3) is 5.28. The van der Waals surface area contributed by atoms with Gasteiger partial charge in [0, 0.05) is 50.6 Å². The number of carbonyl (C=O) groups is 3. The van der Waals surface area contributed by atoms with Crippen LogP contribution in [0.25, 0.3) is 0 Å². The number of nitrogens with one attached hydrogen (secondary N) is 2. The number of rotatable bonds is 13. The Balaban J connectivity index is 1.51. The molecule has 3 N–H and O–H groups in total. The molecular weight excluding hydrogens is 480 g/mol. The number of likely N-dealkylation sites (tertiary alicyclic amines) is 1. The Kier molecular flexibility index (Phi) is 9.23. The van der Waals surface area contributed by atoms with Crippen LogP contribution in [0.3, 0.4) is 0 Å². The molecule has 4 heterocycles. The second-order valence-corrected chi connectivity index (χ2v) is 12.8. The lowest BCUT2D eigenvalue weighted by Crippen LogP contribution is -2.55. The van der Waals surface area contributed by atoms with Crippen molar-refractivity contribution in [2.45, 2.75) is 74.3 Å². The Morgan fingerprint density at radius 2 is 1.78 bits per heavy atom. The van der Waals surface area contributed by atoms with Gasteiger partial charge in [0.05, 0.1) is 29.8 Å². The van der Waals surface area contributed by atoms with Crippen molar-refractivity contribution < 1.29 is 24.2 Å². The monoisotopic (exact) mass is 524 g/mol. The van der Waals surface area contributed by atoms with Gasteiger partial charge in [-0.2, -0.15) is 0 Å². The van der Waals surface area contributed by atoms with E-state index in [2.05, 4.69) is 22.5 Å². The quantitative estimate of drug-likeness (QED) is 0.308. The van der Waals surface area contributed by atoms with Crippen LogP contribution in [0, 0.1) is 11.8 Å². The van der Waals surface area contributed by atoms with Gasteiger partial charge in [0.1, 0.15) is 6.04 Å². The fourth-order valence-corrected chi connectivity index (χ4v) is 9.09. The van der Waals surface area contributed by atoms with Gasteiger partial charge in [0.15, 0.2) is 0 Å². The molecule has 4 rings (SSSR count). The second-order valence-electron chi connectivity index (χ2n) is 10.9. The minimum Gasteiger partial charge on any atom is -0.396 e. The fraction of sp³-hybridized carbons (Fsp3) is 0.885. The molecule has 0 saturated carbocycles. The third-order valence-corrected chi connectivity index (χ3v) is 10.5. The Hall–Kier alpha value is -1.36. The molecule has 4 fully saturated rings. The summed E-state index contributed by atoms with van der Waals surface area (Å²) in [4.78, 5) is 45.1. The van der Waals surface area contributed by atoms with Crippen LogP contribution in [0.2, 0.25) is 0 Å². The van der Waals surface area contributed by atoms with Crippen molar-refractivity contribution in [3.63, 3.8) is 0 Å². The summed E-state index contributed by atoms with van der Waals surface area (Å²) in [5.41, 5.74) is 0. The van der Waals surface area contributed by atoms with Crippen LogP contribution >= 0.6 is 11.8 Å². The van der Waals surface area contributed by atoms with Gasteiger partial charge in [-0.1, -0.05) is 19.8 Å². The molecule has 36 heavy (non-hydrogen) atoms. The molecule has 5 atom stereocenters. The predicted octanol–water partition coefficient (Wildman–Crippen LogP) is 0.995. The smallest absolute Gasteiger partial charge is 0.244 e. The first-order chi connectivity index (χ1) is 17.4. The summed E-state index contributed by atoms with van der Waals surface area (Å²) in [6, 6.07) is -0.548. The van der Waals surface area contributed by atoms with Crippen molar-refractivity contribution >= 4 is 29.5 Å². The molecule has 4 saturated heterocycles. The highest BCUT2D eigenvalue weighted by molar-refractivity contribution is 8.02. The van der Waals surface area contributed by atoms with E-state index in [9.17, 15) is 14.4 Å². The molecule has 204 valence electrons. The Morgan fingerprint density at radius 3 is 2.50 bits per heavy atom. The van der Waals surface area contributed by atoms with Crippen molar-refractivity contribution in [3.05, 3.63) is 0 Å². The van der Waals surface area contributed by atoms with Crippen LogP contribution in [-0.4, -0.2) is 107 Å². The standard InChI is InChI=1S/C26H44N4O5S/c1-3-10-27-22(32)19-20-24(34)30(12-6-4-5-7-16-31)21(26(20)9-8-25(19,2)36-26)23(33)28-11-13-29-14-17-35-18-15-29/h19-21,31H,3-18H2,1-2H3,(H,27,32)(H,28,33)/t19-,20+,21?,25+,26?/m1/s1. The zero-order valence-electron chi connectivity index (χ0n) is 21.9. The van der Waals surface area contributed by atoms with Crippen molar-refractivity contribution in [2.24, 2.45) is 11.8 Å². The number of hydrogen-bond acceptors (Lipinski definition) is 7. The highest BCUT2D eigenvalue weighted by Crippen LogP contribution is 2.71. The summed E-state index contributed by atoms with van der Waals surface area (Å²) in [7, 11) is 0. The van der Waals surface area contributed by atoms with Crippen LogP contribution in [0.4, 0.5) is 0 Å². The summed E-state index contributed by atoms with van der Waals surface area (Å²) < 4.78 is 4.55. The normalized spacial score (nSPS) is 33.7. The van der Waals surface area contributed by atoms with E-state index in [1.807, 2.05) is 6.92 Å². The van der Waals surface area contributed by atoms with Gasteiger partial charge in [-0.05, 0) is 39.0 Å². The number of hydrogen-bond donors (Lipinski definition) is 3. The topological polar surface area (TPSA) is 111 Å². The number of thioether (sulfide) groups is 1. The zero-order valence-corrected chi connectivity index (χ0v) is 22.7. The minimum atomic E-state index is -0.548. The average molecular weight is 525 g/mol. The highest BCUT2D eigenvalue weighted by atomic mass is 32.2. The van der Waals surface area contributed by atoms with E-state index in [0.29, 0.717) is 19.6 Å². The van der Waals surface area contributed by atoms with Crippen molar-refractivity contribution in [1.29, 1.82) is 0 Å². The molecule has 9 nitrogen and oxygen atoms in total. The second kappa shape index (κ2) is 12.0. The molecule has 0 aromatic rings. The fourth-order valence-electron chi connectivity index (χ4n) is 6.73. The van der Waals surface area contributed by atoms with Crippen molar-refractivity contribution in [1.82, 2.24) is 20.4 Å². The van der Waals surface area contributed by atoms with Gasteiger partial charge >= 0.3 is 0 Å². The summed E-state index contributed by atoms with van der Waals surface area (Å²) >= 11 is 1.73. The number of ether oxygens (including phenoxy) is 1. The Labute approximate surface area is 219 Å². The van der Waals surface area contributed by atoms with Crippen molar-refractivity contribution in [3.8, 4) is 0 Å². The molecule has 0 aromatic heterocycles. The van der Waals surface area contributed by atoms with Crippen LogP contribution in [0.5, 0.6) is 0 Å². The van der Waals surface area contributed by atoms with Gasteiger partial charge in [-0.3, -0.25) is 19.3 Å². The van der Waals surface area contributed by atoms with Gasteiger partial charge in [-0.25, -0.2) is 0 Å². The first-order valence-electron chi connectivity index (χ1n) is 13.8. The highest BCUT2D eigenvalue weighted by Gasteiger charge is 2.76. The molecule has 4 aliphatic heterocycles. The number of unbranched alkanes of at least 4 members (excludes halogenated alkanes) is 3. The van der Waals surface area contributed by atoms with E-state index in [1.165, 1.54) is 0 Å². The zero-order chi connectivity index (χ0) is 25.8. The number of morpholine rings is 1.